The fourth-order valence-corrected chi connectivity index (χ4v) is 0.979. The van der Waals surface area contributed by atoms with Gasteiger partial charge in [-0.2, -0.15) is 0 Å². The zero-order chi connectivity index (χ0) is 9.68. The summed E-state index contributed by atoms with van der Waals surface area (Å²) in [5.74, 6) is -0.411. The average molecular weight is 217 g/mol. The van der Waals surface area contributed by atoms with Gasteiger partial charge in [-0.05, 0) is 12.1 Å². The zero-order valence-corrected chi connectivity index (χ0v) is 8.66. The third-order valence-electron chi connectivity index (χ3n) is 1.66. The van der Waals surface area contributed by atoms with Crippen LogP contribution in [0, 0.1) is 0 Å². The highest BCUT2D eigenvalue weighted by Gasteiger charge is 2.14. The Morgan fingerprint density at radius 1 is 1.64 bits per heavy atom. The van der Waals surface area contributed by atoms with Crippen LogP contribution in [0.4, 0.5) is 0 Å². The number of carbonyl (C=O) groups excluding carboxylic acids is 1. The van der Waals surface area contributed by atoms with Crippen LogP contribution in [0.1, 0.15) is 5.69 Å². The molecule has 0 aliphatic heterocycles. The minimum Gasteiger partial charge on any atom is -0.468 e. The molecule has 0 aliphatic carbocycles. The first-order valence-corrected chi connectivity index (χ1v) is 3.97. The second-order valence-corrected chi connectivity index (χ2v) is 2.65. The maximum Gasteiger partial charge on any atom is 0.323 e. The third-order valence-corrected chi connectivity index (χ3v) is 1.66. The first-order valence-electron chi connectivity index (χ1n) is 3.97. The van der Waals surface area contributed by atoms with Gasteiger partial charge in [0, 0.05) is 18.3 Å². The summed E-state index contributed by atoms with van der Waals surface area (Å²) in [5, 5.41) is 0. The maximum atomic E-state index is 10.9. The third kappa shape index (κ3) is 3.72. The van der Waals surface area contributed by atoms with Gasteiger partial charge in [-0.1, -0.05) is 6.07 Å². The van der Waals surface area contributed by atoms with Gasteiger partial charge in [0.15, 0.2) is 0 Å². The van der Waals surface area contributed by atoms with Crippen molar-refractivity contribution in [1.82, 2.24) is 4.98 Å². The molecular formula is C9H13ClN2O2. The van der Waals surface area contributed by atoms with Gasteiger partial charge in [0.2, 0.25) is 0 Å². The number of esters is 1. The lowest BCUT2D eigenvalue weighted by atomic mass is 10.1. The SMILES string of the molecule is COC(=O)[C@H](N)Cc1ccccn1.Cl. The molecule has 78 valence electrons. The van der Waals surface area contributed by atoms with E-state index in [-0.39, 0.29) is 12.4 Å². The van der Waals surface area contributed by atoms with Crippen molar-refractivity contribution in [3.8, 4) is 0 Å². The van der Waals surface area contributed by atoms with Crippen molar-refractivity contribution < 1.29 is 9.53 Å². The number of halogens is 1. The van der Waals surface area contributed by atoms with Gasteiger partial charge in [-0.15, -0.1) is 12.4 Å². The lowest BCUT2D eigenvalue weighted by Gasteiger charge is -2.07. The molecular weight excluding hydrogens is 204 g/mol. The molecule has 4 nitrogen and oxygen atoms in total. The van der Waals surface area contributed by atoms with Crippen LogP contribution in [0.25, 0.3) is 0 Å². The van der Waals surface area contributed by atoms with Gasteiger partial charge in [0.05, 0.1) is 7.11 Å². The first kappa shape index (κ1) is 12.9. The van der Waals surface area contributed by atoms with Crippen LogP contribution >= 0.6 is 12.4 Å². The highest BCUT2D eigenvalue weighted by molar-refractivity contribution is 5.85. The van der Waals surface area contributed by atoms with Gasteiger partial charge < -0.3 is 10.5 Å². The molecule has 1 heterocycles. The topological polar surface area (TPSA) is 65.2 Å². The molecule has 1 rings (SSSR count). The smallest absolute Gasteiger partial charge is 0.323 e. The molecule has 1 aromatic rings. The minimum absolute atomic E-state index is 0. The van der Waals surface area contributed by atoms with Crippen molar-refractivity contribution in [1.29, 1.82) is 0 Å². The van der Waals surface area contributed by atoms with E-state index in [1.165, 1.54) is 7.11 Å². The number of carbonyl (C=O) groups is 1. The predicted molar refractivity (Wildman–Crippen MR) is 55.2 cm³/mol. The fourth-order valence-electron chi connectivity index (χ4n) is 0.979. The van der Waals surface area contributed by atoms with Crippen molar-refractivity contribution in [2.45, 2.75) is 12.5 Å². The van der Waals surface area contributed by atoms with Gasteiger partial charge in [-0.25, -0.2) is 0 Å². The van der Waals surface area contributed by atoms with E-state index in [0.29, 0.717) is 6.42 Å². The van der Waals surface area contributed by atoms with Crippen LogP contribution in [-0.4, -0.2) is 24.1 Å². The molecule has 5 heteroatoms. The van der Waals surface area contributed by atoms with Crippen LogP contribution in [0.15, 0.2) is 24.4 Å². The molecule has 1 aromatic heterocycles. The molecule has 0 amide bonds. The number of ether oxygens (including phenoxy) is 1. The van der Waals surface area contributed by atoms with Gasteiger partial charge in [0.1, 0.15) is 6.04 Å². The Morgan fingerprint density at radius 3 is 2.86 bits per heavy atom. The number of methoxy groups -OCH3 is 1. The van der Waals surface area contributed by atoms with E-state index in [1.807, 2.05) is 18.2 Å². The monoisotopic (exact) mass is 216 g/mol. The van der Waals surface area contributed by atoms with E-state index in [0.717, 1.165) is 5.69 Å². The standard InChI is InChI=1S/C9H12N2O2.ClH/c1-13-9(12)8(10)6-7-4-2-3-5-11-7;/h2-5,8H,6,10H2,1H3;1H/t8-;/m1./s1. The van der Waals surface area contributed by atoms with E-state index in [1.54, 1.807) is 6.20 Å². The summed E-state index contributed by atoms with van der Waals surface area (Å²) in [7, 11) is 1.32. The van der Waals surface area contributed by atoms with E-state index >= 15 is 0 Å². The number of pyridine rings is 1. The van der Waals surface area contributed by atoms with Crippen LogP contribution < -0.4 is 5.73 Å². The predicted octanol–water partition coefficient (Wildman–Crippen LogP) is 0.546. The lowest BCUT2D eigenvalue weighted by Crippen LogP contribution is -2.33. The second-order valence-electron chi connectivity index (χ2n) is 2.65. The van der Waals surface area contributed by atoms with Crippen LogP contribution in [0.5, 0.6) is 0 Å². The normalized spacial score (nSPS) is 11.3. The van der Waals surface area contributed by atoms with E-state index < -0.39 is 12.0 Å². The summed E-state index contributed by atoms with van der Waals surface area (Å²) < 4.78 is 4.49. The number of hydrogen-bond acceptors (Lipinski definition) is 4. The van der Waals surface area contributed by atoms with Crippen LogP contribution in [0.2, 0.25) is 0 Å². The fraction of sp³-hybridized carbons (Fsp3) is 0.333. The number of hydrogen-bond donors (Lipinski definition) is 1. The Kier molecular flexibility index (Phi) is 5.83. The molecule has 1 atom stereocenters. The summed E-state index contributed by atoms with van der Waals surface area (Å²) in [6.07, 6.45) is 2.08. The van der Waals surface area contributed by atoms with Crippen LogP contribution in [-0.2, 0) is 16.0 Å². The maximum absolute atomic E-state index is 10.9. The lowest BCUT2D eigenvalue weighted by molar-refractivity contribution is -0.142. The molecule has 0 radical (unpaired) electrons. The molecule has 14 heavy (non-hydrogen) atoms. The van der Waals surface area contributed by atoms with Gasteiger partial charge in [-0.3, -0.25) is 9.78 Å². The Bertz CT molecular complexity index is 279. The quantitative estimate of drug-likeness (QED) is 0.750. The zero-order valence-electron chi connectivity index (χ0n) is 7.84. The molecule has 0 bridgehead atoms. The van der Waals surface area contributed by atoms with Gasteiger partial charge >= 0.3 is 5.97 Å². The van der Waals surface area contributed by atoms with E-state index in [9.17, 15) is 4.79 Å². The Hall–Kier alpha value is -1.13. The summed E-state index contributed by atoms with van der Waals surface area (Å²) in [4.78, 5) is 15.0. The summed E-state index contributed by atoms with van der Waals surface area (Å²) in [5.41, 5.74) is 6.34. The molecule has 0 saturated carbocycles. The summed E-state index contributed by atoms with van der Waals surface area (Å²) in [6.45, 7) is 0. The summed E-state index contributed by atoms with van der Waals surface area (Å²) in [6, 6.07) is 4.86. The van der Waals surface area contributed by atoms with Crippen molar-refractivity contribution in [2.24, 2.45) is 5.73 Å². The molecule has 0 aliphatic rings. The van der Waals surface area contributed by atoms with Crippen molar-refractivity contribution in [3.05, 3.63) is 30.1 Å². The van der Waals surface area contributed by atoms with Crippen LogP contribution in [0.3, 0.4) is 0 Å². The van der Waals surface area contributed by atoms with Crippen molar-refractivity contribution >= 4 is 18.4 Å². The number of nitrogens with two attached hydrogens (primary N) is 1. The largest absolute Gasteiger partial charge is 0.468 e. The number of aromatic nitrogens is 1. The number of nitrogens with zero attached hydrogens (tertiary/aromatic N) is 1. The Balaban J connectivity index is 0.00000169. The Labute approximate surface area is 88.9 Å². The molecule has 0 fully saturated rings. The molecule has 0 spiro atoms. The number of rotatable bonds is 3. The highest BCUT2D eigenvalue weighted by Crippen LogP contribution is 1.98. The molecule has 0 unspecified atom stereocenters. The Morgan fingerprint density at radius 2 is 2.36 bits per heavy atom. The van der Waals surface area contributed by atoms with Crippen molar-refractivity contribution in [2.75, 3.05) is 7.11 Å². The highest BCUT2D eigenvalue weighted by atomic mass is 35.5. The minimum atomic E-state index is -0.625. The second kappa shape index (κ2) is 6.34. The van der Waals surface area contributed by atoms with Gasteiger partial charge in [0.25, 0.3) is 0 Å². The van der Waals surface area contributed by atoms with E-state index in [4.69, 9.17) is 5.73 Å². The molecule has 2 N–H and O–H groups in total. The first-order chi connectivity index (χ1) is 6.24. The van der Waals surface area contributed by atoms with E-state index in [2.05, 4.69) is 9.72 Å². The van der Waals surface area contributed by atoms with Crippen molar-refractivity contribution in [3.63, 3.8) is 0 Å². The molecule has 0 saturated heterocycles. The summed E-state index contributed by atoms with van der Waals surface area (Å²) >= 11 is 0. The average Bonchev–Trinajstić information content (AvgIpc) is 2.18. The molecule has 0 aromatic carbocycles.